The van der Waals surface area contributed by atoms with Crippen molar-refractivity contribution in [2.45, 2.75) is 75.2 Å². The number of hydrogen-bond donors (Lipinski definition) is 0. The van der Waals surface area contributed by atoms with Crippen molar-refractivity contribution in [2.24, 2.45) is 0 Å². The first kappa shape index (κ1) is 19.9. The number of esters is 2. The zero-order valence-corrected chi connectivity index (χ0v) is 16.0. The fourth-order valence-electron chi connectivity index (χ4n) is 1.22. The first-order chi connectivity index (χ1) is 8.98. The molecule has 0 aliphatic heterocycles. The zero-order chi connectivity index (χ0) is 16.0. The minimum Gasteiger partial charge on any atom is -0.424 e. The Labute approximate surface area is 138 Å². The molecule has 0 aromatic heterocycles. The smallest absolute Gasteiger partial charge is 0.325 e. The van der Waals surface area contributed by atoms with E-state index in [-0.39, 0.29) is 0 Å². The Morgan fingerprint density at radius 2 is 1.35 bits per heavy atom. The number of carbonyl (C=O) groups excluding carboxylic acids is 2. The molecule has 118 valence electrons. The van der Waals surface area contributed by atoms with Crippen LogP contribution in [-0.4, -0.2) is 26.9 Å². The number of alkyl halides is 2. The van der Waals surface area contributed by atoms with Gasteiger partial charge < -0.3 is 9.47 Å². The van der Waals surface area contributed by atoms with Crippen molar-refractivity contribution < 1.29 is 19.1 Å². The van der Waals surface area contributed by atoms with Gasteiger partial charge in [-0.1, -0.05) is 51.6 Å². The van der Waals surface area contributed by atoms with E-state index in [4.69, 9.17) is 9.47 Å². The zero-order valence-electron chi connectivity index (χ0n) is 12.8. The van der Waals surface area contributed by atoms with Gasteiger partial charge in [0, 0.05) is 6.42 Å². The highest BCUT2D eigenvalue weighted by atomic mass is 79.9. The Balaban J connectivity index is 4.65. The van der Waals surface area contributed by atoms with Crippen molar-refractivity contribution >= 4 is 43.8 Å². The van der Waals surface area contributed by atoms with Gasteiger partial charge in [0.05, 0.1) is 0 Å². The van der Waals surface area contributed by atoms with Crippen LogP contribution in [-0.2, 0) is 19.1 Å². The van der Waals surface area contributed by atoms with Crippen molar-refractivity contribution in [3.63, 3.8) is 0 Å². The maximum atomic E-state index is 11.9. The minimum absolute atomic E-state index is 0.445. The Hall–Kier alpha value is -0.100. The van der Waals surface area contributed by atoms with Crippen LogP contribution in [0, 0.1) is 0 Å². The quantitative estimate of drug-likeness (QED) is 0.256. The minimum atomic E-state index is -0.838. The van der Waals surface area contributed by atoms with Gasteiger partial charge in [0.15, 0.2) is 0 Å². The summed E-state index contributed by atoms with van der Waals surface area (Å²) in [5.41, 5.74) is 0. The van der Waals surface area contributed by atoms with Crippen LogP contribution in [0.25, 0.3) is 0 Å². The summed E-state index contributed by atoms with van der Waals surface area (Å²) in [6.07, 6.45) is 2.56. The third-order valence-corrected chi connectivity index (χ3v) is 3.14. The molecule has 0 saturated heterocycles. The monoisotopic (exact) mass is 414 g/mol. The summed E-state index contributed by atoms with van der Waals surface area (Å²) in [4.78, 5) is 23.7. The van der Waals surface area contributed by atoms with E-state index in [2.05, 4.69) is 38.8 Å². The fraction of sp³-hybridized carbons (Fsp3) is 0.857. The highest BCUT2D eigenvalue weighted by Crippen LogP contribution is 2.23. The molecule has 0 N–H and O–H groups in total. The number of rotatable bonds is 8. The number of unbranched alkanes of at least 4 members (excludes halogenated alkanes) is 2. The van der Waals surface area contributed by atoms with E-state index in [0.717, 1.165) is 19.3 Å². The van der Waals surface area contributed by atoms with Crippen LogP contribution in [0.1, 0.15) is 60.3 Å². The Kier molecular flexibility index (Phi) is 8.33. The van der Waals surface area contributed by atoms with Crippen LogP contribution in [0.15, 0.2) is 0 Å². The molecule has 20 heavy (non-hydrogen) atoms. The second kappa shape index (κ2) is 8.37. The number of halogens is 2. The maximum absolute atomic E-state index is 11.9. The van der Waals surface area contributed by atoms with Crippen molar-refractivity contribution in [3.8, 4) is 0 Å². The van der Waals surface area contributed by atoms with Crippen LogP contribution in [0.5, 0.6) is 0 Å². The summed E-state index contributed by atoms with van der Waals surface area (Å²) < 4.78 is 8.96. The third-order valence-electron chi connectivity index (χ3n) is 2.49. The molecule has 0 aromatic rings. The van der Waals surface area contributed by atoms with Gasteiger partial charge in [0.25, 0.3) is 0 Å². The van der Waals surface area contributed by atoms with Crippen LogP contribution < -0.4 is 0 Å². The van der Waals surface area contributed by atoms with E-state index >= 15 is 0 Å². The summed E-state index contributed by atoms with van der Waals surface area (Å²) in [7, 11) is 0. The van der Waals surface area contributed by atoms with Crippen LogP contribution >= 0.6 is 31.9 Å². The lowest BCUT2D eigenvalue weighted by molar-refractivity contribution is -0.191. The summed E-state index contributed by atoms with van der Waals surface area (Å²) >= 11 is 6.47. The SMILES string of the molecule is CCCCCC(OC(=O)C(C)(C)Br)OC(=O)C(C)(C)Br. The molecule has 4 nitrogen and oxygen atoms in total. The summed E-state index contributed by atoms with van der Waals surface area (Å²) in [5.74, 6) is -0.890. The predicted octanol–water partition coefficient (Wildman–Crippen LogP) is 4.33. The maximum Gasteiger partial charge on any atom is 0.325 e. The number of ether oxygens (including phenoxy) is 2. The normalized spacial score (nSPS) is 12.4. The molecule has 0 radical (unpaired) electrons. The molecule has 0 rings (SSSR count). The second-order valence-electron chi connectivity index (χ2n) is 5.68. The first-order valence-electron chi connectivity index (χ1n) is 6.78. The van der Waals surface area contributed by atoms with Crippen molar-refractivity contribution in [1.82, 2.24) is 0 Å². The molecular weight excluding hydrogens is 392 g/mol. The largest absolute Gasteiger partial charge is 0.424 e. The van der Waals surface area contributed by atoms with Crippen molar-refractivity contribution in [2.75, 3.05) is 0 Å². The predicted molar refractivity (Wildman–Crippen MR) is 86.1 cm³/mol. The summed E-state index contributed by atoms with van der Waals surface area (Å²) in [6.45, 7) is 8.84. The lowest BCUT2D eigenvalue weighted by Gasteiger charge is -2.24. The lowest BCUT2D eigenvalue weighted by Crippen LogP contribution is -2.36. The van der Waals surface area contributed by atoms with Gasteiger partial charge >= 0.3 is 11.9 Å². The number of hydrogen-bond acceptors (Lipinski definition) is 4. The standard InChI is InChI=1S/C14H24Br2O4/c1-6-7-8-9-10(19-11(17)13(2,3)15)20-12(18)14(4,5)16/h10H,6-9H2,1-5H3. The second-order valence-corrected chi connectivity index (χ2v) is 9.65. The molecule has 0 spiro atoms. The Bertz CT molecular complexity index is 301. The van der Waals surface area contributed by atoms with Crippen LogP contribution in [0.3, 0.4) is 0 Å². The van der Waals surface area contributed by atoms with Gasteiger partial charge in [0.2, 0.25) is 6.29 Å². The molecule has 0 bridgehead atoms. The molecule has 6 heteroatoms. The molecule has 0 heterocycles. The molecule has 0 amide bonds. The van der Waals surface area contributed by atoms with Crippen LogP contribution in [0.4, 0.5) is 0 Å². The highest BCUT2D eigenvalue weighted by Gasteiger charge is 2.33. The molecule has 0 aliphatic carbocycles. The Morgan fingerprint density at radius 1 is 0.950 bits per heavy atom. The van der Waals surface area contributed by atoms with E-state index < -0.39 is 26.9 Å². The van der Waals surface area contributed by atoms with Gasteiger partial charge in [-0.2, -0.15) is 0 Å². The fourth-order valence-corrected chi connectivity index (χ4v) is 1.41. The van der Waals surface area contributed by atoms with E-state index in [1.165, 1.54) is 0 Å². The van der Waals surface area contributed by atoms with Crippen molar-refractivity contribution in [3.05, 3.63) is 0 Å². The summed E-state index contributed by atoms with van der Waals surface area (Å²) in [5, 5.41) is 0. The molecule has 0 atom stereocenters. The Morgan fingerprint density at radius 3 is 1.65 bits per heavy atom. The summed E-state index contributed by atoms with van der Waals surface area (Å²) in [6, 6.07) is 0. The van der Waals surface area contributed by atoms with Crippen molar-refractivity contribution in [1.29, 1.82) is 0 Å². The first-order valence-corrected chi connectivity index (χ1v) is 8.37. The van der Waals surface area contributed by atoms with Gasteiger partial charge in [-0.3, -0.25) is 9.59 Å². The molecule has 0 aliphatic rings. The average Bonchev–Trinajstić information content (AvgIpc) is 2.26. The molecular formula is C14H24Br2O4. The molecule has 0 unspecified atom stereocenters. The lowest BCUT2D eigenvalue weighted by atomic mass is 10.2. The van der Waals surface area contributed by atoms with E-state index in [1.54, 1.807) is 27.7 Å². The average molecular weight is 416 g/mol. The van der Waals surface area contributed by atoms with E-state index in [1.807, 2.05) is 0 Å². The molecule has 0 aromatic carbocycles. The highest BCUT2D eigenvalue weighted by molar-refractivity contribution is 9.10. The topological polar surface area (TPSA) is 52.6 Å². The number of carbonyl (C=O) groups is 2. The van der Waals surface area contributed by atoms with E-state index in [0.29, 0.717) is 6.42 Å². The van der Waals surface area contributed by atoms with Gasteiger partial charge in [-0.25, -0.2) is 0 Å². The van der Waals surface area contributed by atoms with Crippen LogP contribution in [0.2, 0.25) is 0 Å². The van der Waals surface area contributed by atoms with E-state index in [9.17, 15) is 9.59 Å². The van der Waals surface area contributed by atoms with Gasteiger partial charge in [0.1, 0.15) is 8.65 Å². The van der Waals surface area contributed by atoms with Gasteiger partial charge in [-0.15, -0.1) is 0 Å². The molecule has 0 fully saturated rings. The third kappa shape index (κ3) is 8.25. The van der Waals surface area contributed by atoms with Gasteiger partial charge in [-0.05, 0) is 34.1 Å². The molecule has 0 saturated carbocycles.